The molecule has 21 heavy (non-hydrogen) atoms. The molecule has 0 fully saturated rings. The van der Waals surface area contributed by atoms with Crippen LogP contribution in [0.15, 0.2) is 24.3 Å². The van der Waals surface area contributed by atoms with Crippen molar-refractivity contribution in [3.05, 3.63) is 29.8 Å². The van der Waals surface area contributed by atoms with E-state index in [0.717, 1.165) is 11.3 Å². The normalized spacial score (nSPS) is 12.8. The first-order chi connectivity index (χ1) is 9.94. The van der Waals surface area contributed by atoms with Gasteiger partial charge in [-0.25, -0.2) is 0 Å². The zero-order chi connectivity index (χ0) is 15.9. The number of hydrogen-bond acceptors (Lipinski definition) is 4. The van der Waals surface area contributed by atoms with Crippen molar-refractivity contribution in [1.29, 1.82) is 0 Å². The molecular formula is C17H26O4. The maximum absolute atomic E-state index is 12.0. The Balaban J connectivity index is 2.87. The average molecular weight is 294 g/mol. The van der Waals surface area contributed by atoms with Crippen molar-refractivity contribution >= 4 is 5.97 Å². The summed E-state index contributed by atoms with van der Waals surface area (Å²) in [6.07, 6.45) is 0.437. The van der Waals surface area contributed by atoms with Gasteiger partial charge in [0.25, 0.3) is 0 Å². The molecular weight excluding hydrogens is 268 g/mol. The zero-order valence-corrected chi connectivity index (χ0v) is 13.6. The fourth-order valence-corrected chi connectivity index (χ4v) is 2.17. The third kappa shape index (κ3) is 5.05. The quantitative estimate of drug-likeness (QED) is 0.685. The monoisotopic (exact) mass is 294 g/mol. The molecule has 0 bridgehead atoms. The number of rotatable bonds is 8. The topological polar surface area (TPSA) is 44.8 Å². The summed E-state index contributed by atoms with van der Waals surface area (Å²) < 4.78 is 16.1. The lowest BCUT2D eigenvalue weighted by atomic mass is 9.84. The smallest absolute Gasteiger partial charge is 0.311 e. The van der Waals surface area contributed by atoms with E-state index in [2.05, 4.69) is 0 Å². The van der Waals surface area contributed by atoms with Crippen LogP contribution in [-0.4, -0.2) is 26.3 Å². The summed E-state index contributed by atoms with van der Waals surface area (Å²) in [5.74, 6) is 0.613. The van der Waals surface area contributed by atoms with Crippen molar-refractivity contribution in [1.82, 2.24) is 0 Å². The van der Waals surface area contributed by atoms with Crippen LogP contribution in [0.4, 0.5) is 0 Å². The SMILES string of the molecule is CCOC(=O)C(C)(C)CC(OCC)c1ccc(OC)cc1. The van der Waals surface area contributed by atoms with Crippen LogP contribution in [0.25, 0.3) is 0 Å². The Bertz CT molecular complexity index is 437. The van der Waals surface area contributed by atoms with Crippen LogP contribution in [-0.2, 0) is 14.3 Å². The van der Waals surface area contributed by atoms with Crippen molar-refractivity contribution in [3.8, 4) is 5.75 Å². The Morgan fingerprint density at radius 1 is 1.14 bits per heavy atom. The highest BCUT2D eigenvalue weighted by molar-refractivity contribution is 5.75. The molecule has 0 heterocycles. The van der Waals surface area contributed by atoms with Crippen LogP contribution in [0, 0.1) is 5.41 Å². The number of carbonyl (C=O) groups is 1. The number of esters is 1. The van der Waals surface area contributed by atoms with Gasteiger partial charge in [-0.1, -0.05) is 12.1 Å². The molecule has 1 rings (SSSR count). The molecule has 0 N–H and O–H groups in total. The largest absolute Gasteiger partial charge is 0.497 e. The Morgan fingerprint density at radius 3 is 2.24 bits per heavy atom. The number of benzene rings is 1. The van der Waals surface area contributed by atoms with Crippen molar-refractivity contribution < 1.29 is 19.0 Å². The fourth-order valence-electron chi connectivity index (χ4n) is 2.17. The highest BCUT2D eigenvalue weighted by Gasteiger charge is 2.33. The zero-order valence-electron chi connectivity index (χ0n) is 13.6. The van der Waals surface area contributed by atoms with Crippen molar-refractivity contribution in [3.63, 3.8) is 0 Å². The highest BCUT2D eigenvalue weighted by atomic mass is 16.5. The summed E-state index contributed by atoms with van der Waals surface area (Å²) in [7, 11) is 1.64. The summed E-state index contributed by atoms with van der Waals surface area (Å²) in [4.78, 5) is 12.0. The molecule has 0 saturated heterocycles. The van der Waals surface area contributed by atoms with Gasteiger partial charge in [-0.15, -0.1) is 0 Å². The molecule has 0 aliphatic rings. The summed E-state index contributed by atoms with van der Waals surface area (Å²) in [6.45, 7) is 8.53. The lowest BCUT2D eigenvalue weighted by Gasteiger charge is -2.28. The maximum atomic E-state index is 12.0. The third-order valence-corrected chi connectivity index (χ3v) is 3.38. The Labute approximate surface area is 127 Å². The van der Waals surface area contributed by atoms with Crippen LogP contribution >= 0.6 is 0 Å². The molecule has 4 nitrogen and oxygen atoms in total. The summed E-state index contributed by atoms with van der Waals surface area (Å²) in [5, 5.41) is 0. The van der Waals surface area contributed by atoms with Crippen molar-refractivity contribution in [2.45, 2.75) is 40.2 Å². The van der Waals surface area contributed by atoms with E-state index in [-0.39, 0.29) is 12.1 Å². The van der Waals surface area contributed by atoms with Gasteiger partial charge in [0.1, 0.15) is 5.75 Å². The summed E-state index contributed by atoms with van der Waals surface area (Å²) in [5.41, 5.74) is 0.450. The van der Waals surface area contributed by atoms with Gasteiger partial charge in [0.2, 0.25) is 0 Å². The van der Waals surface area contributed by atoms with Crippen molar-refractivity contribution in [2.24, 2.45) is 5.41 Å². The molecule has 0 aliphatic carbocycles. The lowest BCUT2D eigenvalue weighted by molar-refractivity contribution is -0.155. The molecule has 1 aromatic carbocycles. The van der Waals surface area contributed by atoms with E-state index in [1.807, 2.05) is 52.0 Å². The van der Waals surface area contributed by atoms with Crippen LogP contribution in [0.2, 0.25) is 0 Å². The van der Waals surface area contributed by atoms with E-state index >= 15 is 0 Å². The van der Waals surface area contributed by atoms with Gasteiger partial charge < -0.3 is 14.2 Å². The molecule has 0 aromatic heterocycles. The van der Waals surface area contributed by atoms with Crippen LogP contribution in [0.1, 0.15) is 45.8 Å². The van der Waals surface area contributed by atoms with Gasteiger partial charge in [0.15, 0.2) is 0 Å². The second kappa shape index (κ2) is 8.03. The van der Waals surface area contributed by atoms with E-state index in [1.165, 1.54) is 0 Å². The minimum Gasteiger partial charge on any atom is -0.497 e. The third-order valence-electron chi connectivity index (χ3n) is 3.38. The van der Waals surface area contributed by atoms with E-state index in [9.17, 15) is 4.79 Å². The summed E-state index contributed by atoms with van der Waals surface area (Å²) >= 11 is 0. The standard InChI is InChI=1S/C17H26O4/c1-6-20-15(12-17(3,4)16(18)21-7-2)13-8-10-14(19-5)11-9-13/h8-11,15H,6-7,12H2,1-5H3. The molecule has 4 heteroatoms. The number of ether oxygens (including phenoxy) is 3. The molecule has 0 amide bonds. The van der Waals surface area contributed by atoms with Crippen LogP contribution in [0.3, 0.4) is 0 Å². The van der Waals surface area contributed by atoms with Gasteiger partial charge in [0.05, 0.1) is 25.2 Å². The molecule has 1 unspecified atom stereocenters. The summed E-state index contributed by atoms with van der Waals surface area (Å²) in [6, 6.07) is 7.75. The van der Waals surface area contributed by atoms with Gasteiger partial charge in [-0.3, -0.25) is 4.79 Å². The first-order valence-electron chi connectivity index (χ1n) is 7.37. The van der Waals surface area contributed by atoms with E-state index in [1.54, 1.807) is 7.11 Å². The molecule has 1 aromatic rings. The first kappa shape index (κ1) is 17.5. The van der Waals surface area contributed by atoms with Crippen molar-refractivity contribution in [2.75, 3.05) is 20.3 Å². The van der Waals surface area contributed by atoms with E-state index in [4.69, 9.17) is 14.2 Å². The predicted octanol–water partition coefficient (Wildman–Crippen LogP) is 3.75. The number of methoxy groups -OCH3 is 1. The molecule has 0 spiro atoms. The Kier molecular flexibility index (Phi) is 6.69. The van der Waals surface area contributed by atoms with Gasteiger partial charge in [-0.2, -0.15) is 0 Å². The minimum absolute atomic E-state index is 0.139. The molecule has 1 atom stereocenters. The number of hydrogen-bond donors (Lipinski definition) is 0. The van der Waals surface area contributed by atoms with Gasteiger partial charge in [-0.05, 0) is 51.8 Å². The minimum atomic E-state index is -0.588. The van der Waals surface area contributed by atoms with Crippen LogP contribution < -0.4 is 4.74 Å². The lowest BCUT2D eigenvalue weighted by Crippen LogP contribution is -2.29. The second-order valence-electron chi connectivity index (χ2n) is 5.53. The second-order valence-corrected chi connectivity index (χ2v) is 5.53. The average Bonchev–Trinajstić information content (AvgIpc) is 2.47. The van der Waals surface area contributed by atoms with Gasteiger partial charge in [0, 0.05) is 6.61 Å². The highest BCUT2D eigenvalue weighted by Crippen LogP contribution is 2.34. The van der Waals surface area contributed by atoms with Gasteiger partial charge >= 0.3 is 5.97 Å². The number of carbonyl (C=O) groups excluding carboxylic acids is 1. The molecule has 0 saturated carbocycles. The molecule has 118 valence electrons. The predicted molar refractivity (Wildman–Crippen MR) is 82.4 cm³/mol. The molecule has 0 radical (unpaired) electrons. The van der Waals surface area contributed by atoms with E-state index < -0.39 is 5.41 Å². The maximum Gasteiger partial charge on any atom is 0.311 e. The van der Waals surface area contributed by atoms with E-state index in [0.29, 0.717) is 19.6 Å². The Hall–Kier alpha value is -1.55. The Morgan fingerprint density at radius 2 is 1.76 bits per heavy atom. The first-order valence-corrected chi connectivity index (χ1v) is 7.37. The van der Waals surface area contributed by atoms with Crippen LogP contribution in [0.5, 0.6) is 5.75 Å². The fraction of sp³-hybridized carbons (Fsp3) is 0.588. The molecule has 0 aliphatic heterocycles.